The van der Waals surface area contributed by atoms with Crippen molar-refractivity contribution in [1.29, 1.82) is 0 Å². The largest absolute Gasteiger partial charge is 0.269 e. The highest BCUT2D eigenvalue weighted by molar-refractivity contribution is 4.81. The Morgan fingerprint density at radius 2 is 2.38 bits per heavy atom. The molecule has 1 N–H and O–H groups in total. The van der Waals surface area contributed by atoms with Gasteiger partial charge in [0.25, 0.3) is 5.56 Å². The molecule has 0 radical (unpaired) electrons. The van der Waals surface area contributed by atoms with Crippen LogP contribution >= 0.6 is 0 Å². The molecule has 0 aromatic carbocycles. The minimum absolute atomic E-state index is 0. The van der Waals surface area contributed by atoms with Crippen molar-refractivity contribution in [2.75, 3.05) is 0 Å². The fourth-order valence-corrected chi connectivity index (χ4v) is 0.312. The van der Waals surface area contributed by atoms with E-state index in [0.717, 1.165) is 0 Å². The van der Waals surface area contributed by atoms with E-state index in [0.29, 0.717) is 0 Å². The highest BCUT2D eigenvalue weighted by atomic mass is 19.0. The van der Waals surface area contributed by atoms with Gasteiger partial charge in [-0.15, -0.1) is 0 Å². The first-order valence-corrected chi connectivity index (χ1v) is 1.89. The Balaban J connectivity index is 0.000000490. The molecule has 0 aliphatic rings. The van der Waals surface area contributed by atoms with E-state index in [1.54, 1.807) is 6.07 Å². The minimum atomic E-state index is -0.164. The Morgan fingerprint density at radius 1 is 1.62 bits per heavy atom. The maximum Gasteiger partial charge on any atom is 0.264 e. The Morgan fingerprint density at radius 3 is 2.62 bits per heavy atom. The van der Waals surface area contributed by atoms with Crippen molar-refractivity contribution in [1.82, 2.24) is 10.2 Å². The van der Waals surface area contributed by atoms with Crippen molar-refractivity contribution in [3.05, 3.63) is 28.7 Å². The SMILES string of the molecule is F.O=c1cccn[nH]1. The van der Waals surface area contributed by atoms with Gasteiger partial charge in [-0.05, 0) is 6.07 Å². The smallest absolute Gasteiger partial charge is 0.264 e. The van der Waals surface area contributed by atoms with Crippen LogP contribution in [-0.4, -0.2) is 10.2 Å². The second-order valence-electron chi connectivity index (χ2n) is 1.11. The predicted molar refractivity (Wildman–Crippen MR) is 27.4 cm³/mol. The first-order chi connectivity index (χ1) is 3.39. The fourth-order valence-electron chi connectivity index (χ4n) is 0.312. The Hall–Kier alpha value is -1.19. The molecule has 1 aromatic rings. The summed E-state index contributed by atoms with van der Waals surface area (Å²) < 4.78 is 0. The Bertz CT molecular complexity index is 180. The van der Waals surface area contributed by atoms with Gasteiger partial charge in [-0.2, -0.15) is 5.10 Å². The van der Waals surface area contributed by atoms with E-state index in [-0.39, 0.29) is 10.3 Å². The summed E-state index contributed by atoms with van der Waals surface area (Å²) in [6.07, 6.45) is 1.52. The van der Waals surface area contributed by atoms with Crippen LogP contribution in [0.5, 0.6) is 0 Å². The molecule has 0 aliphatic heterocycles. The second kappa shape index (κ2) is 2.90. The van der Waals surface area contributed by atoms with Gasteiger partial charge in [0, 0.05) is 12.3 Å². The van der Waals surface area contributed by atoms with Gasteiger partial charge in [0.2, 0.25) is 0 Å². The van der Waals surface area contributed by atoms with Crippen LogP contribution in [-0.2, 0) is 0 Å². The zero-order valence-corrected chi connectivity index (χ0v) is 4.00. The lowest BCUT2D eigenvalue weighted by Crippen LogP contribution is -2.02. The number of hydrogen-bond acceptors (Lipinski definition) is 2. The molecule has 1 rings (SSSR count). The standard InChI is InChI=1S/C4H4N2O.FH/c7-4-2-1-3-5-6-4;/h1-3H,(H,6,7);1H. The minimum Gasteiger partial charge on any atom is -0.269 e. The molecule has 0 saturated carbocycles. The van der Waals surface area contributed by atoms with Gasteiger partial charge in [-0.25, -0.2) is 5.10 Å². The summed E-state index contributed by atoms with van der Waals surface area (Å²) in [5.41, 5.74) is -0.164. The van der Waals surface area contributed by atoms with Crippen molar-refractivity contribution in [3.63, 3.8) is 0 Å². The number of halogens is 1. The first kappa shape index (κ1) is 6.81. The summed E-state index contributed by atoms with van der Waals surface area (Å²) in [4.78, 5) is 10.2. The third kappa shape index (κ3) is 1.51. The maximum absolute atomic E-state index is 10.2. The topological polar surface area (TPSA) is 45.8 Å². The number of hydrogen-bond donors (Lipinski definition) is 1. The van der Waals surface area contributed by atoms with Crippen LogP contribution < -0.4 is 5.56 Å². The number of nitrogens with zero attached hydrogens (tertiary/aromatic N) is 1. The lowest BCUT2D eigenvalue weighted by Gasteiger charge is -1.72. The summed E-state index contributed by atoms with van der Waals surface area (Å²) in [6.45, 7) is 0. The number of nitrogens with one attached hydrogen (secondary N) is 1. The Kier molecular flexibility index (Phi) is 2.47. The van der Waals surface area contributed by atoms with Gasteiger partial charge in [0.05, 0.1) is 0 Å². The molecular formula is C4H5FN2O. The van der Waals surface area contributed by atoms with Gasteiger partial charge < -0.3 is 0 Å². The first-order valence-electron chi connectivity index (χ1n) is 1.89. The van der Waals surface area contributed by atoms with Crippen LogP contribution in [0.15, 0.2) is 23.1 Å². The Labute approximate surface area is 44.7 Å². The van der Waals surface area contributed by atoms with Crippen LogP contribution in [0.3, 0.4) is 0 Å². The van der Waals surface area contributed by atoms with Crippen LogP contribution in [0, 0.1) is 0 Å². The molecule has 0 saturated heterocycles. The lowest BCUT2D eigenvalue weighted by atomic mass is 10.6. The summed E-state index contributed by atoms with van der Waals surface area (Å²) >= 11 is 0. The highest BCUT2D eigenvalue weighted by Gasteiger charge is 1.70. The zero-order chi connectivity index (χ0) is 5.11. The molecule has 3 nitrogen and oxygen atoms in total. The third-order valence-corrected chi connectivity index (χ3v) is 0.583. The van der Waals surface area contributed by atoms with Gasteiger partial charge in [0.1, 0.15) is 0 Å². The highest BCUT2D eigenvalue weighted by Crippen LogP contribution is 1.60. The van der Waals surface area contributed by atoms with E-state index < -0.39 is 0 Å². The van der Waals surface area contributed by atoms with Crippen LogP contribution in [0.25, 0.3) is 0 Å². The quantitative estimate of drug-likeness (QED) is 0.515. The van der Waals surface area contributed by atoms with E-state index in [4.69, 9.17) is 0 Å². The second-order valence-corrected chi connectivity index (χ2v) is 1.11. The molecule has 0 atom stereocenters. The average molecular weight is 116 g/mol. The summed E-state index contributed by atoms with van der Waals surface area (Å²) in [6, 6.07) is 2.99. The third-order valence-electron chi connectivity index (χ3n) is 0.583. The number of rotatable bonds is 0. The fraction of sp³-hybridized carbons (Fsp3) is 0. The molecule has 4 heteroatoms. The van der Waals surface area contributed by atoms with E-state index in [1.165, 1.54) is 12.3 Å². The van der Waals surface area contributed by atoms with Gasteiger partial charge >= 0.3 is 0 Å². The van der Waals surface area contributed by atoms with Crippen LogP contribution in [0.1, 0.15) is 0 Å². The molecule has 0 bridgehead atoms. The van der Waals surface area contributed by atoms with Crippen molar-refractivity contribution in [3.8, 4) is 0 Å². The maximum atomic E-state index is 10.2. The van der Waals surface area contributed by atoms with Gasteiger partial charge in [-0.3, -0.25) is 9.50 Å². The van der Waals surface area contributed by atoms with Gasteiger partial charge in [-0.1, -0.05) is 0 Å². The molecule has 1 heterocycles. The number of aromatic nitrogens is 2. The molecule has 0 aliphatic carbocycles. The lowest BCUT2D eigenvalue weighted by molar-refractivity contribution is 0.988. The average Bonchev–Trinajstić information content (AvgIpc) is 1.69. The van der Waals surface area contributed by atoms with Crippen molar-refractivity contribution < 1.29 is 4.70 Å². The monoisotopic (exact) mass is 116 g/mol. The van der Waals surface area contributed by atoms with Gasteiger partial charge in [0.15, 0.2) is 0 Å². The summed E-state index contributed by atoms with van der Waals surface area (Å²) in [5.74, 6) is 0. The molecule has 8 heavy (non-hydrogen) atoms. The number of aromatic amines is 1. The molecule has 0 fully saturated rings. The number of H-pyrrole nitrogens is 1. The normalized spacial score (nSPS) is 7.50. The molecular weight excluding hydrogens is 111 g/mol. The molecule has 44 valence electrons. The van der Waals surface area contributed by atoms with E-state index >= 15 is 0 Å². The molecule has 0 amide bonds. The van der Waals surface area contributed by atoms with Crippen molar-refractivity contribution in [2.45, 2.75) is 0 Å². The summed E-state index contributed by atoms with van der Waals surface area (Å²) in [7, 11) is 0. The molecule has 0 unspecified atom stereocenters. The van der Waals surface area contributed by atoms with Crippen molar-refractivity contribution >= 4 is 0 Å². The summed E-state index contributed by atoms with van der Waals surface area (Å²) in [5, 5.41) is 5.67. The van der Waals surface area contributed by atoms with E-state index in [1.807, 2.05) is 0 Å². The van der Waals surface area contributed by atoms with Crippen LogP contribution in [0.2, 0.25) is 0 Å². The van der Waals surface area contributed by atoms with Crippen LogP contribution in [0.4, 0.5) is 4.70 Å². The zero-order valence-electron chi connectivity index (χ0n) is 4.00. The molecule has 1 aromatic heterocycles. The van der Waals surface area contributed by atoms with E-state index in [2.05, 4.69) is 10.2 Å². The van der Waals surface area contributed by atoms with Crippen molar-refractivity contribution in [2.24, 2.45) is 0 Å². The van der Waals surface area contributed by atoms with E-state index in [9.17, 15) is 4.79 Å². The predicted octanol–water partition coefficient (Wildman–Crippen LogP) is -0.0776. The molecule has 0 spiro atoms.